The van der Waals surface area contributed by atoms with E-state index in [1.807, 2.05) is 0 Å². The van der Waals surface area contributed by atoms with E-state index in [0.29, 0.717) is 11.3 Å². The quantitative estimate of drug-likeness (QED) is 0.706. The van der Waals surface area contributed by atoms with Crippen molar-refractivity contribution in [2.24, 2.45) is 0 Å². The average Bonchev–Trinajstić information content (AvgIpc) is 2.92. The maximum atomic E-state index is 13.1. The summed E-state index contributed by atoms with van der Waals surface area (Å²) in [4.78, 5) is 39.5. The van der Waals surface area contributed by atoms with Gasteiger partial charge in [-0.2, -0.15) is 0 Å². The number of anilines is 1. The molecular weight excluding hydrogens is 391 g/mol. The second kappa shape index (κ2) is 8.88. The molecule has 0 aliphatic heterocycles. The van der Waals surface area contributed by atoms with Crippen LogP contribution in [0.2, 0.25) is 5.02 Å². The first-order valence-electron chi connectivity index (χ1n) is 8.48. The van der Waals surface area contributed by atoms with Gasteiger partial charge in [-0.1, -0.05) is 11.6 Å². The molecule has 2 N–H and O–H groups in total. The van der Waals surface area contributed by atoms with Crippen LogP contribution in [0.25, 0.3) is 0 Å². The Bertz CT molecular complexity index is 925. The van der Waals surface area contributed by atoms with Crippen molar-refractivity contribution in [1.29, 1.82) is 0 Å². The smallest absolute Gasteiger partial charge is 0.355 e. The molecule has 0 radical (unpaired) electrons. The number of rotatable bonds is 6. The molecule has 1 aromatic heterocycles. The first-order chi connectivity index (χ1) is 13.1. The summed E-state index contributed by atoms with van der Waals surface area (Å²) in [6.07, 6.45) is -1.16. The molecule has 0 aliphatic carbocycles. The number of ether oxygens (including phenoxy) is 2. The van der Waals surface area contributed by atoms with E-state index in [-0.39, 0.29) is 28.6 Å². The molecular formula is C19H20ClFN2O5. The molecule has 2 rings (SSSR count). The number of esters is 2. The Morgan fingerprint density at radius 1 is 1.25 bits per heavy atom. The van der Waals surface area contributed by atoms with E-state index in [9.17, 15) is 18.8 Å². The Labute approximate surface area is 166 Å². The Morgan fingerprint density at radius 3 is 2.54 bits per heavy atom. The Kier molecular flexibility index (Phi) is 6.80. The van der Waals surface area contributed by atoms with Crippen LogP contribution in [0.5, 0.6) is 0 Å². The number of carbonyl (C=O) groups excluding carboxylic acids is 3. The highest BCUT2D eigenvalue weighted by Crippen LogP contribution is 2.23. The minimum absolute atomic E-state index is 0.0169. The average molecular weight is 411 g/mol. The maximum absolute atomic E-state index is 13.1. The van der Waals surface area contributed by atoms with E-state index >= 15 is 0 Å². The zero-order valence-corrected chi connectivity index (χ0v) is 16.6. The standard InChI is InChI=1S/C19H20ClFN2O5/c1-5-27-19(26)16-9(2)15(10(3)22-16)18(25)28-11(4)17(24)23-14-7-6-12(21)8-13(14)20/h6-8,11,22H,5H2,1-4H3,(H,23,24). The highest BCUT2D eigenvalue weighted by molar-refractivity contribution is 6.33. The predicted molar refractivity (Wildman–Crippen MR) is 101 cm³/mol. The largest absolute Gasteiger partial charge is 0.461 e. The van der Waals surface area contributed by atoms with Gasteiger partial charge in [0.25, 0.3) is 5.91 Å². The van der Waals surface area contributed by atoms with Gasteiger partial charge in [-0.15, -0.1) is 0 Å². The minimum atomic E-state index is -1.16. The number of aromatic nitrogens is 1. The number of hydrogen-bond acceptors (Lipinski definition) is 5. The fraction of sp³-hybridized carbons (Fsp3) is 0.316. The molecule has 0 spiro atoms. The van der Waals surface area contributed by atoms with Crippen molar-refractivity contribution in [2.75, 3.05) is 11.9 Å². The molecule has 150 valence electrons. The molecule has 0 saturated heterocycles. The van der Waals surface area contributed by atoms with Crippen molar-refractivity contribution in [3.63, 3.8) is 0 Å². The molecule has 1 atom stereocenters. The lowest BCUT2D eigenvalue weighted by Crippen LogP contribution is -2.30. The van der Waals surface area contributed by atoms with Gasteiger partial charge in [0.2, 0.25) is 0 Å². The van der Waals surface area contributed by atoms with Crippen molar-refractivity contribution in [2.45, 2.75) is 33.8 Å². The van der Waals surface area contributed by atoms with Crippen LogP contribution in [0, 0.1) is 19.7 Å². The number of amides is 1. The topological polar surface area (TPSA) is 97.5 Å². The molecule has 1 aromatic carbocycles. The third-order valence-electron chi connectivity index (χ3n) is 3.96. The van der Waals surface area contributed by atoms with E-state index in [0.717, 1.165) is 12.1 Å². The van der Waals surface area contributed by atoms with E-state index < -0.39 is 29.8 Å². The monoisotopic (exact) mass is 410 g/mol. The van der Waals surface area contributed by atoms with Crippen molar-refractivity contribution < 1.29 is 28.2 Å². The van der Waals surface area contributed by atoms with E-state index in [1.165, 1.54) is 13.0 Å². The maximum Gasteiger partial charge on any atom is 0.355 e. The number of carbonyl (C=O) groups is 3. The second-order valence-corrected chi connectivity index (χ2v) is 6.41. The van der Waals surface area contributed by atoms with E-state index in [4.69, 9.17) is 21.1 Å². The van der Waals surface area contributed by atoms with Gasteiger partial charge in [-0.3, -0.25) is 4.79 Å². The SMILES string of the molecule is CCOC(=O)c1[nH]c(C)c(C(=O)OC(C)C(=O)Nc2ccc(F)cc2Cl)c1C. The summed E-state index contributed by atoms with van der Waals surface area (Å²) < 4.78 is 23.2. The Balaban J connectivity index is 2.11. The van der Waals surface area contributed by atoms with Crippen LogP contribution >= 0.6 is 11.6 Å². The Morgan fingerprint density at radius 2 is 1.93 bits per heavy atom. The number of aromatic amines is 1. The van der Waals surface area contributed by atoms with Crippen molar-refractivity contribution in [3.8, 4) is 0 Å². The number of H-pyrrole nitrogens is 1. The summed E-state index contributed by atoms with van der Waals surface area (Å²) in [7, 11) is 0. The van der Waals surface area contributed by atoms with Gasteiger partial charge in [0.1, 0.15) is 11.5 Å². The number of benzene rings is 1. The predicted octanol–water partition coefficient (Wildman–Crippen LogP) is 3.78. The van der Waals surface area contributed by atoms with Crippen LogP contribution in [-0.4, -0.2) is 35.5 Å². The van der Waals surface area contributed by atoms with Crippen LogP contribution in [0.1, 0.15) is 46.0 Å². The van der Waals surface area contributed by atoms with E-state index in [2.05, 4.69) is 10.3 Å². The number of hydrogen-bond donors (Lipinski definition) is 2. The van der Waals surface area contributed by atoms with Crippen molar-refractivity contribution in [1.82, 2.24) is 4.98 Å². The highest BCUT2D eigenvalue weighted by Gasteiger charge is 2.27. The highest BCUT2D eigenvalue weighted by atomic mass is 35.5. The van der Waals surface area contributed by atoms with Crippen molar-refractivity contribution in [3.05, 3.63) is 51.6 Å². The third-order valence-corrected chi connectivity index (χ3v) is 4.28. The van der Waals surface area contributed by atoms with Crippen LogP contribution in [-0.2, 0) is 14.3 Å². The summed E-state index contributed by atoms with van der Waals surface area (Å²) in [6, 6.07) is 3.50. The van der Waals surface area contributed by atoms with Crippen molar-refractivity contribution >= 4 is 35.1 Å². The number of aryl methyl sites for hydroxylation is 1. The van der Waals surface area contributed by atoms with Gasteiger partial charge in [-0.25, -0.2) is 14.0 Å². The van der Waals surface area contributed by atoms with Crippen LogP contribution in [0.4, 0.5) is 10.1 Å². The second-order valence-electron chi connectivity index (χ2n) is 6.01. The summed E-state index contributed by atoms with van der Waals surface area (Å²) in [5.41, 5.74) is 1.29. The fourth-order valence-electron chi connectivity index (χ4n) is 2.56. The van der Waals surface area contributed by atoms with E-state index in [1.54, 1.807) is 20.8 Å². The van der Waals surface area contributed by atoms with Gasteiger partial charge in [0.05, 0.1) is 22.9 Å². The fourth-order valence-corrected chi connectivity index (χ4v) is 2.78. The minimum Gasteiger partial charge on any atom is -0.461 e. The lowest BCUT2D eigenvalue weighted by atomic mass is 10.1. The summed E-state index contributed by atoms with van der Waals surface area (Å²) >= 11 is 5.87. The lowest BCUT2D eigenvalue weighted by molar-refractivity contribution is -0.123. The number of halogens is 2. The van der Waals surface area contributed by atoms with Gasteiger partial charge in [-0.05, 0) is 51.5 Å². The zero-order chi connectivity index (χ0) is 21.0. The Hall–Kier alpha value is -2.87. The zero-order valence-electron chi connectivity index (χ0n) is 15.8. The normalized spacial score (nSPS) is 11.6. The molecule has 0 aliphatic rings. The number of nitrogens with one attached hydrogen (secondary N) is 2. The molecule has 7 nitrogen and oxygen atoms in total. The molecule has 28 heavy (non-hydrogen) atoms. The molecule has 0 saturated carbocycles. The molecule has 0 fully saturated rings. The van der Waals surface area contributed by atoms with Gasteiger partial charge in [0, 0.05) is 5.69 Å². The lowest BCUT2D eigenvalue weighted by Gasteiger charge is -2.14. The third kappa shape index (κ3) is 4.69. The molecule has 1 heterocycles. The first-order valence-corrected chi connectivity index (χ1v) is 8.86. The van der Waals surface area contributed by atoms with Gasteiger partial charge in [0.15, 0.2) is 6.10 Å². The summed E-state index contributed by atoms with van der Waals surface area (Å²) in [5, 5.41) is 2.48. The van der Waals surface area contributed by atoms with Gasteiger partial charge < -0.3 is 19.8 Å². The molecule has 0 bridgehead atoms. The van der Waals surface area contributed by atoms with Crippen LogP contribution in [0.3, 0.4) is 0 Å². The first kappa shape index (κ1) is 21.4. The molecule has 2 aromatic rings. The molecule has 1 amide bonds. The molecule has 1 unspecified atom stereocenters. The summed E-state index contributed by atoms with van der Waals surface area (Å²) in [6.45, 7) is 6.43. The summed E-state index contributed by atoms with van der Waals surface area (Å²) in [5.74, 6) is -2.54. The van der Waals surface area contributed by atoms with Crippen LogP contribution in [0.15, 0.2) is 18.2 Å². The molecule has 9 heteroatoms. The van der Waals surface area contributed by atoms with Gasteiger partial charge >= 0.3 is 11.9 Å². The van der Waals surface area contributed by atoms with Crippen LogP contribution < -0.4 is 5.32 Å².